The van der Waals surface area contributed by atoms with Gasteiger partial charge in [0.15, 0.2) is 5.82 Å². The van der Waals surface area contributed by atoms with E-state index in [1.165, 1.54) is 0 Å². The summed E-state index contributed by atoms with van der Waals surface area (Å²) in [4.78, 5) is 34.2. The maximum atomic E-state index is 13.0. The first-order chi connectivity index (χ1) is 12.1. The van der Waals surface area contributed by atoms with Gasteiger partial charge in [0.25, 0.3) is 11.8 Å². The molecule has 138 valence electrons. The molecule has 0 saturated carbocycles. The number of rotatable bonds is 4. The molecule has 0 radical (unpaired) electrons. The van der Waals surface area contributed by atoms with Crippen molar-refractivity contribution in [3.63, 3.8) is 0 Å². The van der Waals surface area contributed by atoms with Crippen molar-refractivity contribution >= 4 is 11.8 Å². The molecule has 0 bridgehead atoms. The van der Waals surface area contributed by atoms with Gasteiger partial charge in [0.1, 0.15) is 5.69 Å². The van der Waals surface area contributed by atoms with E-state index in [4.69, 9.17) is 0 Å². The van der Waals surface area contributed by atoms with Gasteiger partial charge < -0.3 is 14.4 Å². The fourth-order valence-corrected chi connectivity index (χ4v) is 3.89. The van der Waals surface area contributed by atoms with Crippen LogP contribution < -0.4 is 0 Å². The number of hydrogen-bond donors (Lipinski definition) is 0. The van der Waals surface area contributed by atoms with Crippen LogP contribution in [0.25, 0.3) is 0 Å². The molecule has 6 heteroatoms. The van der Waals surface area contributed by atoms with E-state index in [2.05, 4.69) is 11.9 Å². The number of amides is 2. The van der Waals surface area contributed by atoms with Crippen LogP contribution in [0.15, 0.2) is 0 Å². The number of likely N-dealkylation sites (tertiary alicyclic amines) is 1. The molecule has 0 aliphatic carbocycles. The number of carbonyl (C=O) groups excluding carboxylic acids is 2. The first-order valence-electron chi connectivity index (χ1n) is 9.74. The minimum atomic E-state index is -0.0560. The molecule has 2 aliphatic heterocycles. The standard InChI is InChI=1S/C19H30N4O2/c1-4-21(5-2)19(25)17-20-16(15-8-6-7-11-23(15)17)18(24)22-12-9-14(3)10-13-22/h14H,4-13H2,1-3H3. The zero-order valence-corrected chi connectivity index (χ0v) is 15.8. The van der Waals surface area contributed by atoms with Crippen LogP contribution in [0, 0.1) is 5.92 Å². The first-order valence-corrected chi connectivity index (χ1v) is 9.74. The largest absolute Gasteiger partial charge is 0.337 e. The van der Waals surface area contributed by atoms with E-state index in [1.54, 1.807) is 4.90 Å². The summed E-state index contributed by atoms with van der Waals surface area (Å²) in [5, 5.41) is 0. The molecule has 0 N–H and O–H groups in total. The molecule has 1 saturated heterocycles. The normalized spacial score (nSPS) is 18.1. The number of piperidine rings is 1. The number of fused-ring (bicyclic) bond motifs is 1. The highest BCUT2D eigenvalue weighted by atomic mass is 16.2. The van der Waals surface area contributed by atoms with Crippen LogP contribution in [-0.2, 0) is 13.0 Å². The van der Waals surface area contributed by atoms with E-state index in [0.29, 0.717) is 30.5 Å². The monoisotopic (exact) mass is 346 g/mol. The van der Waals surface area contributed by atoms with Crippen LogP contribution in [0.5, 0.6) is 0 Å². The summed E-state index contributed by atoms with van der Waals surface area (Å²) in [6.45, 7) is 9.88. The minimum absolute atomic E-state index is 0.0103. The molecule has 6 nitrogen and oxygen atoms in total. The van der Waals surface area contributed by atoms with Crippen molar-refractivity contribution < 1.29 is 9.59 Å². The van der Waals surface area contributed by atoms with Crippen LogP contribution >= 0.6 is 0 Å². The molecular weight excluding hydrogens is 316 g/mol. The highest BCUT2D eigenvalue weighted by Crippen LogP contribution is 2.25. The lowest BCUT2D eigenvalue weighted by molar-refractivity contribution is 0.0690. The van der Waals surface area contributed by atoms with Crippen molar-refractivity contribution in [2.75, 3.05) is 26.2 Å². The van der Waals surface area contributed by atoms with Gasteiger partial charge in [-0.25, -0.2) is 4.98 Å². The van der Waals surface area contributed by atoms with Gasteiger partial charge in [-0.2, -0.15) is 0 Å². The van der Waals surface area contributed by atoms with Gasteiger partial charge in [0.2, 0.25) is 0 Å². The van der Waals surface area contributed by atoms with Gasteiger partial charge >= 0.3 is 0 Å². The minimum Gasteiger partial charge on any atom is -0.337 e. The second-order valence-corrected chi connectivity index (χ2v) is 7.29. The number of imidazole rings is 1. The third kappa shape index (κ3) is 3.44. The molecule has 0 spiro atoms. The molecule has 3 rings (SSSR count). The number of hydrogen-bond acceptors (Lipinski definition) is 3. The molecule has 25 heavy (non-hydrogen) atoms. The number of aromatic nitrogens is 2. The summed E-state index contributed by atoms with van der Waals surface area (Å²) in [6.07, 6.45) is 5.03. The van der Waals surface area contributed by atoms with Crippen molar-refractivity contribution in [3.8, 4) is 0 Å². The van der Waals surface area contributed by atoms with E-state index < -0.39 is 0 Å². The molecule has 0 atom stereocenters. The summed E-state index contributed by atoms with van der Waals surface area (Å²) in [5.41, 5.74) is 1.48. The summed E-state index contributed by atoms with van der Waals surface area (Å²) >= 11 is 0. The summed E-state index contributed by atoms with van der Waals surface area (Å²) < 4.78 is 2.00. The smallest absolute Gasteiger partial charge is 0.289 e. The Hall–Kier alpha value is -1.85. The molecule has 0 aromatic carbocycles. The Morgan fingerprint density at radius 1 is 1.12 bits per heavy atom. The molecule has 2 aliphatic rings. The van der Waals surface area contributed by atoms with Crippen LogP contribution in [0.2, 0.25) is 0 Å². The Balaban J connectivity index is 1.92. The molecule has 1 aromatic heterocycles. The van der Waals surface area contributed by atoms with E-state index in [-0.39, 0.29) is 11.8 Å². The molecule has 1 fully saturated rings. The lowest BCUT2D eigenvalue weighted by atomic mass is 9.98. The third-order valence-electron chi connectivity index (χ3n) is 5.63. The lowest BCUT2D eigenvalue weighted by Gasteiger charge is -2.30. The quantitative estimate of drug-likeness (QED) is 0.842. The second-order valence-electron chi connectivity index (χ2n) is 7.29. The maximum absolute atomic E-state index is 13.0. The molecule has 0 unspecified atom stereocenters. The fourth-order valence-electron chi connectivity index (χ4n) is 3.89. The Labute approximate surface area is 150 Å². The molecule has 2 amide bonds. The van der Waals surface area contributed by atoms with Crippen molar-refractivity contribution in [2.45, 2.75) is 59.4 Å². The van der Waals surface area contributed by atoms with Crippen molar-refractivity contribution in [2.24, 2.45) is 5.92 Å². The van der Waals surface area contributed by atoms with Gasteiger partial charge in [0.05, 0.1) is 5.69 Å². The van der Waals surface area contributed by atoms with E-state index in [0.717, 1.165) is 57.4 Å². The van der Waals surface area contributed by atoms with Gasteiger partial charge in [-0.1, -0.05) is 6.92 Å². The van der Waals surface area contributed by atoms with Crippen LogP contribution in [0.4, 0.5) is 0 Å². The second kappa shape index (κ2) is 7.58. The number of carbonyl (C=O) groups is 2. The maximum Gasteiger partial charge on any atom is 0.289 e. The van der Waals surface area contributed by atoms with E-state index >= 15 is 0 Å². The highest BCUT2D eigenvalue weighted by Gasteiger charge is 2.32. The number of nitrogens with zero attached hydrogens (tertiary/aromatic N) is 4. The summed E-state index contributed by atoms with van der Waals surface area (Å²) in [7, 11) is 0. The Morgan fingerprint density at radius 2 is 1.80 bits per heavy atom. The highest BCUT2D eigenvalue weighted by molar-refractivity contribution is 5.97. The third-order valence-corrected chi connectivity index (χ3v) is 5.63. The predicted molar refractivity (Wildman–Crippen MR) is 96.7 cm³/mol. The van der Waals surface area contributed by atoms with E-state index in [1.807, 2.05) is 23.3 Å². The Bertz CT molecular complexity index is 640. The van der Waals surface area contributed by atoms with Crippen molar-refractivity contribution in [1.82, 2.24) is 19.4 Å². The summed E-state index contributed by atoms with van der Waals surface area (Å²) in [6, 6.07) is 0. The zero-order valence-electron chi connectivity index (χ0n) is 15.8. The summed E-state index contributed by atoms with van der Waals surface area (Å²) in [5.74, 6) is 1.09. The SMILES string of the molecule is CCN(CC)C(=O)c1nc(C(=O)N2CCC(C)CC2)c2n1CCCC2. The van der Waals surface area contributed by atoms with Crippen LogP contribution in [-0.4, -0.2) is 57.3 Å². The average Bonchev–Trinajstić information content (AvgIpc) is 3.02. The lowest BCUT2D eigenvalue weighted by Crippen LogP contribution is -2.38. The predicted octanol–water partition coefficient (Wildman–Crippen LogP) is 2.57. The Morgan fingerprint density at radius 3 is 2.44 bits per heavy atom. The van der Waals surface area contributed by atoms with Crippen LogP contribution in [0.3, 0.4) is 0 Å². The molecular formula is C19H30N4O2. The topological polar surface area (TPSA) is 58.4 Å². The first kappa shape index (κ1) is 18.0. The fraction of sp³-hybridized carbons (Fsp3) is 0.737. The molecule has 3 heterocycles. The van der Waals surface area contributed by atoms with Crippen molar-refractivity contribution in [1.29, 1.82) is 0 Å². The van der Waals surface area contributed by atoms with Crippen LogP contribution in [0.1, 0.15) is 73.3 Å². The molecule has 1 aromatic rings. The van der Waals surface area contributed by atoms with Gasteiger partial charge in [-0.05, 0) is 51.9 Å². The Kier molecular flexibility index (Phi) is 5.45. The average molecular weight is 346 g/mol. The van der Waals surface area contributed by atoms with Gasteiger partial charge in [0, 0.05) is 32.7 Å². The van der Waals surface area contributed by atoms with Crippen molar-refractivity contribution in [3.05, 3.63) is 17.2 Å². The van der Waals surface area contributed by atoms with Gasteiger partial charge in [-0.3, -0.25) is 9.59 Å². The van der Waals surface area contributed by atoms with Gasteiger partial charge in [-0.15, -0.1) is 0 Å². The van der Waals surface area contributed by atoms with E-state index in [9.17, 15) is 9.59 Å². The zero-order chi connectivity index (χ0) is 18.0.